The maximum atomic E-state index is 12.0. The highest BCUT2D eigenvalue weighted by Crippen LogP contribution is 2.21. The molecular formula is C12H10Br2N2O2. The number of hydrogen-bond acceptors (Lipinski definition) is 3. The van der Waals surface area contributed by atoms with Crippen molar-refractivity contribution in [3.05, 3.63) is 50.6 Å². The maximum Gasteiger partial charge on any atom is 0.252 e. The van der Waals surface area contributed by atoms with E-state index >= 15 is 0 Å². The van der Waals surface area contributed by atoms with Crippen molar-refractivity contribution < 1.29 is 9.21 Å². The average Bonchev–Trinajstić information content (AvgIpc) is 2.75. The van der Waals surface area contributed by atoms with E-state index in [1.165, 1.54) is 0 Å². The van der Waals surface area contributed by atoms with Gasteiger partial charge in [0, 0.05) is 8.95 Å². The second-order valence-corrected chi connectivity index (χ2v) is 5.44. The van der Waals surface area contributed by atoms with Crippen molar-refractivity contribution in [3.8, 4) is 0 Å². The molecule has 18 heavy (non-hydrogen) atoms. The van der Waals surface area contributed by atoms with E-state index in [2.05, 4.69) is 42.2 Å². The summed E-state index contributed by atoms with van der Waals surface area (Å²) in [7, 11) is 0. The maximum absolute atomic E-state index is 12.0. The molecule has 0 atom stereocenters. The molecule has 94 valence electrons. The van der Waals surface area contributed by atoms with E-state index in [-0.39, 0.29) is 12.5 Å². The van der Waals surface area contributed by atoms with E-state index in [0.717, 1.165) is 14.7 Å². The number of oxazole rings is 1. The molecule has 2 aromatic rings. The molecule has 2 rings (SSSR count). The zero-order chi connectivity index (χ0) is 13.1. The van der Waals surface area contributed by atoms with Gasteiger partial charge >= 0.3 is 0 Å². The second kappa shape index (κ2) is 5.67. The minimum atomic E-state index is -0.181. The van der Waals surface area contributed by atoms with Crippen molar-refractivity contribution in [2.24, 2.45) is 0 Å². The molecule has 0 radical (unpaired) electrons. The van der Waals surface area contributed by atoms with Crippen molar-refractivity contribution in [2.75, 3.05) is 0 Å². The van der Waals surface area contributed by atoms with Crippen molar-refractivity contribution in [2.45, 2.75) is 13.5 Å². The minimum absolute atomic E-state index is 0.181. The molecule has 1 heterocycles. The van der Waals surface area contributed by atoms with Gasteiger partial charge in [-0.25, -0.2) is 4.98 Å². The quantitative estimate of drug-likeness (QED) is 0.896. The van der Waals surface area contributed by atoms with E-state index in [1.54, 1.807) is 12.3 Å². The molecule has 0 spiro atoms. The van der Waals surface area contributed by atoms with Crippen LogP contribution in [0.2, 0.25) is 0 Å². The first-order chi connectivity index (χ1) is 8.56. The molecule has 0 aliphatic heterocycles. The molecule has 6 heteroatoms. The summed E-state index contributed by atoms with van der Waals surface area (Å²) >= 11 is 6.67. The lowest BCUT2D eigenvalue weighted by molar-refractivity contribution is 0.0946. The predicted molar refractivity (Wildman–Crippen MR) is 74.3 cm³/mol. The Labute approximate surface area is 121 Å². The lowest BCUT2D eigenvalue weighted by atomic mass is 10.2. The van der Waals surface area contributed by atoms with Crippen LogP contribution in [0, 0.1) is 6.92 Å². The SMILES string of the molecule is Cc1cnc(CNC(=O)c2cc(Br)ccc2Br)o1. The molecule has 0 aliphatic carbocycles. The Bertz CT molecular complexity index is 581. The third-order valence-electron chi connectivity index (χ3n) is 2.24. The highest BCUT2D eigenvalue weighted by molar-refractivity contribution is 9.11. The fourth-order valence-electron chi connectivity index (χ4n) is 1.41. The summed E-state index contributed by atoms with van der Waals surface area (Å²) in [5.41, 5.74) is 0.563. The van der Waals surface area contributed by atoms with Crippen LogP contribution in [0.5, 0.6) is 0 Å². The molecule has 0 unspecified atom stereocenters. The summed E-state index contributed by atoms with van der Waals surface area (Å²) in [4.78, 5) is 16.0. The number of nitrogens with zero attached hydrogens (tertiary/aromatic N) is 1. The summed E-state index contributed by atoms with van der Waals surface area (Å²) in [6, 6.07) is 5.42. The van der Waals surface area contributed by atoms with E-state index in [0.29, 0.717) is 11.5 Å². The van der Waals surface area contributed by atoms with Gasteiger partial charge in [0.15, 0.2) is 0 Å². The summed E-state index contributed by atoms with van der Waals surface area (Å²) < 4.78 is 6.87. The summed E-state index contributed by atoms with van der Waals surface area (Å²) in [5.74, 6) is 1.04. The molecule has 1 aromatic heterocycles. The van der Waals surface area contributed by atoms with Gasteiger partial charge in [-0.05, 0) is 41.1 Å². The lowest BCUT2D eigenvalue weighted by Crippen LogP contribution is -2.23. The van der Waals surface area contributed by atoms with E-state index in [1.807, 2.05) is 19.1 Å². The number of aryl methyl sites for hydroxylation is 1. The zero-order valence-corrected chi connectivity index (χ0v) is 12.7. The third-order valence-corrected chi connectivity index (χ3v) is 3.43. The number of carbonyl (C=O) groups is 1. The monoisotopic (exact) mass is 372 g/mol. The number of carbonyl (C=O) groups excluding carboxylic acids is 1. The van der Waals surface area contributed by atoms with Crippen molar-refractivity contribution in [1.82, 2.24) is 10.3 Å². The van der Waals surface area contributed by atoms with Crippen LogP contribution in [0.15, 0.2) is 37.8 Å². The number of aromatic nitrogens is 1. The number of hydrogen-bond donors (Lipinski definition) is 1. The van der Waals surface area contributed by atoms with E-state index in [4.69, 9.17) is 4.42 Å². The molecule has 1 N–H and O–H groups in total. The first kappa shape index (κ1) is 13.3. The Morgan fingerprint density at radius 3 is 2.89 bits per heavy atom. The van der Waals surface area contributed by atoms with Crippen LogP contribution in [0.3, 0.4) is 0 Å². The van der Waals surface area contributed by atoms with Crippen molar-refractivity contribution in [3.63, 3.8) is 0 Å². The molecule has 0 aliphatic rings. The Hall–Kier alpha value is -1.14. The Balaban J connectivity index is 2.05. The van der Waals surface area contributed by atoms with Crippen LogP contribution in [0.1, 0.15) is 22.0 Å². The highest BCUT2D eigenvalue weighted by atomic mass is 79.9. The van der Waals surface area contributed by atoms with Gasteiger partial charge in [0.2, 0.25) is 5.89 Å². The number of rotatable bonds is 3. The molecule has 0 saturated heterocycles. The zero-order valence-electron chi connectivity index (χ0n) is 9.54. The average molecular weight is 374 g/mol. The molecule has 1 aromatic carbocycles. The number of benzene rings is 1. The van der Waals surface area contributed by atoms with Crippen LogP contribution >= 0.6 is 31.9 Å². The fraction of sp³-hybridized carbons (Fsp3) is 0.167. The first-order valence-corrected chi connectivity index (χ1v) is 6.79. The molecule has 0 fully saturated rings. The second-order valence-electron chi connectivity index (χ2n) is 3.67. The summed E-state index contributed by atoms with van der Waals surface area (Å²) in [5, 5.41) is 2.75. The fourth-order valence-corrected chi connectivity index (χ4v) is 2.19. The predicted octanol–water partition coefficient (Wildman–Crippen LogP) is 3.44. The van der Waals surface area contributed by atoms with Crippen molar-refractivity contribution in [1.29, 1.82) is 0 Å². The molecule has 1 amide bonds. The van der Waals surface area contributed by atoms with Gasteiger partial charge < -0.3 is 9.73 Å². The lowest BCUT2D eigenvalue weighted by Gasteiger charge is -2.05. The normalized spacial score (nSPS) is 10.4. The van der Waals surface area contributed by atoms with Crippen LogP contribution < -0.4 is 5.32 Å². The minimum Gasteiger partial charge on any atom is -0.444 e. The molecule has 0 saturated carbocycles. The Morgan fingerprint density at radius 1 is 1.44 bits per heavy atom. The molecular weight excluding hydrogens is 364 g/mol. The van der Waals surface area contributed by atoms with E-state index < -0.39 is 0 Å². The smallest absolute Gasteiger partial charge is 0.252 e. The number of halogens is 2. The van der Waals surface area contributed by atoms with Crippen molar-refractivity contribution >= 4 is 37.8 Å². The Morgan fingerprint density at radius 2 is 2.22 bits per heavy atom. The topological polar surface area (TPSA) is 55.1 Å². The first-order valence-electron chi connectivity index (χ1n) is 5.21. The van der Waals surface area contributed by atoms with Gasteiger partial charge in [0.05, 0.1) is 18.3 Å². The third kappa shape index (κ3) is 3.20. The van der Waals surface area contributed by atoms with Crippen LogP contribution in [-0.2, 0) is 6.54 Å². The Kier molecular flexibility index (Phi) is 4.19. The van der Waals surface area contributed by atoms with Crippen LogP contribution in [-0.4, -0.2) is 10.9 Å². The summed E-state index contributed by atoms with van der Waals surface area (Å²) in [6.07, 6.45) is 1.62. The van der Waals surface area contributed by atoms with Gasteiger partial charge in [-0.2, -0.15) is 0 Å². The highest BCUT2D eigenvalue weighted by Gasteiger charge is 2.11. The van der Waals surface area contributed by atoms with Crippen LogP contribution in [0.25, 0.3) is 0 Å². The van der Waals surface area contributed by atoms with Gasteiger partial charge in [0.1, 0.15) is 5.76 Å². The van der Waals surface area contributed by atoms with E-state index in [9.17, 15) is 4.79 Å². The van der Waals surface area contributed by atoms with Gasteiger partial charge in [-0.15, -0.1) is 0 Å². The number of amides is 1. The number of nitrogens with one attached hydrogen (secondary N) is 1. The van der Waals surface area contributed by atoms with Gasteiger partial charge in [-0.3, -0.25) is 4.79 Å². The van der Waals surface area contributed by atoms with Gasteiger partial charge in [0.25, 0.3) is 5.91 Å². The van der Waals surface area contributed by atoms with Gasteiger partial charge in [-0.1, -0.05) is 15.9 Å². The van der Waals surface area contributed by atoms with Crippen LogP contribution in [0.4, 0.5) is 0 Å². The molecule has 0 bridgehead atoms. The largest absolute Gasteiger partial charge is 0.444 e. The summed E-state index contributed by atoms with van der Waals surface area (Å²) in [6.45, 7) is 2.08. The standard InChI is InChI=1S/C12H10Br2N2O2/c1-7-5-15-11(18-7)6-16-12(17)9-4-8(13)2-3-10(9)14/h2-5H,6H2,1H3,(H,16,17). The molecule has 4 nitrogen and oxygen atoms in total.